The number of hydrogen-bond donors (Lipinski definition) is 1. The largest absolute Gasteiger partial charge is 0.374 e. The Kier molecular flexibility index (Phi) is 2.41. The zero-order valence-corrected chi connectivity index (χ0v) is 10.8. The lowest BCUT2D eigenvalue weighted by Gasteiger charge is -2.17. The predicted octanol–water partition coefficient (Wildman–Crippen LogP) is 1.17. The number of rotatable bonds is 2. The summed E-state index contributed by atoms with van der Waals surface area (Å²) < 4.78 is 5.87. The van der Waals surface area contributed by atoms with E-state index in [4.69, 9.17) is 4.74 Å². The summed E-state index contributed by atoms with van der Waals surface area (Å²) in [5, 5.41) is 10.7. The molecule has 0 aliphatic carbocycles. The standard InChI is InChI=1S/C13H15N3O4/c17-13(10-3-7(4-14-10)16(18)19)15-5-8-9(6-15)12-2-1-11(8)20-12/h3-4,8-9,11-12,14H,1-2,5-6H2/t8-,9+,11-,12-/m1/s1. The zero-order valence-electron chi connectivity index (χ0n) is 10.8. The summed E-state index contributed by atoms with van der Waals surface area (Å²) in [6.07, 6.45) is 4.07. The van der Waals surface area contributed by atoms with Crippen LogP contribution in [0.15, 0.2) is 12.3 Å². The molecule has 7 heteroatoms. The second kappa shape index (κ2) is 4.05. The van der Waals surface area contributed by atoms with Crippen molar-refractivity contribution in [2.45, 2.75) is 25.0 Å². The Balaban J connectivity index is 1.51. The molecule has 4 atom stereocenters. The van der Waals surface area contributed by atoms with Crippen molar-refractivity contribution in [3.8, 4) is 0 Å². The number of H-pyrrole nitrogens is 1. The zero-order chi connectivity index (χ0) is 13.9. The average molecular weight is 277 g/mol. The van der Waals surface area contributed by atoms with E-state index in [-0.39, 0.29) is 11.6 Å². The molecule has 0 spiro atoms. The van der Waals surface area contributed by atoms with Crippen LogP contribution < -0.4 is 0 Å². The Morgan fingerprint density at radius 1 is 1.35 bits per heavy atom. The van der Waals surface area contributed by atoms with Gasteiger partial charge in [-0.25, -0.2) is 0 Å². The lowest BCUT2D eigenvalue weighted by molar-refractivity contribution is -0.384. The van der Waals surface area contributed by atoms with Crippen molar-refractivity contribution >= 4 is 11.6 Å². The Morgan fingerprint density at radius 3 is 2.55 bits per heavy atom. The summed E-state index contributed by atoms with van der Waals surface area (Å²) in [6.45, 7) is 1.41. The van der Waals surface area contributed by atoms with Crippen LogP contribution >= 0.6 is 0 Å². The fourth-order valence-electron chi connectivity index (χ4n) is 3.91. The van der Waals surface area contributed by atoms with E-state index in [0.717, 1.165) is 12.8 Å². The molecule has 3 aliphatic rings. The van der Waals surface area contributed by atoms with E-state index in [0.29, 0.717) is 42.8 Å². The highest BCUT2D eigenvalue weighted by atomic mass is 16.6. The van der Waals surface area contributed by atoms with Crippen molar-refractivity contribution in [3.05, 3.63) is 28.1 Å². The highest BCUT2D eigenvalue weighted by molar-refractivity contribution is 5.93. The number of carbonyl (C=O) groups is 1. The molecule has 1 aromatic rings. The molecular formula is C13H15N3O4. The number of nitrogens with zero attached hydrogens (tertiary/aromatic N) is 2. The van der Waals surface area contributed by atoms with Crippen molar-refractivity contribution in [1.29, 1.82) is 0 Å². The molecule has 0 saturated carbocycles. The lowest BCUT2D eigenvalue weighted by Crippen LogP contribution is -2.31. The number of carbonyl (C=O) groups excluding carboxylic acids is 1. The van der Waals surface area contributed by atoms with Crippen LogP contribution in [0.5, 0.6) is 0 Å². The quantitative estimate of drug-likeness (QED) is 0.649. The molecular weight excluding hydrogens is 262 g/mol. The van der Waals surface area contributed by atoms with Crippen molar-refractivity contribution in [1.82, 2.24) is 9.88 Å². The molecule has 3 aliphatic heterocycles. The average Bonchev–Trinajstić information content (AvgIpc) is 3.17. The highest BCUT2D eigenvalue weighted by Gasteiger charge is 2.53. The molecule has 1 aromatic heterocycles. The van der Waals surface area contributed by atoms with Crippen LogP contribution in [-0.4, -0.2) is 46.0 Å². The minimum atomic E-state index is -0.500. The Morgan fingerprint density at radius 2 is 2.00 bits per heavy atom. The monoisotopic (exact) mass is 277 g/mol. The lowest BCUT2D eigenvalue weighted by atomic mass is 9.82. The fourth-order valence-corrected chi connectivity index (χ4v) is 3.91. The molecule has 3 fully saturated rings. The number of aromatic nitrogens is 1. The third kappa shape index (κ3) is 1.59. The molecule has 1 N–H and O–H groups in total. The number of aromatic amines is 1. The predicted molar refractivity (Wildman–Crippen MR) is 68.2 cm³/mol. The van der Waals surface area contributed by atoms with Crippen molar-refractivity contribution in [3.63, 3.8) is 0 Å². The first-order valence-corrected chi connectivity index (χ1v) is 6.91. The van der Waals surface area contributed by atoms with Gasteiger partial charge in [-0.3, -0.25) is 14.9 Å². The Hall–Kier alpha value is -1.89. The second-order valence-electron chi connectivity index (χ2n) is 5.86. The van der Waals surface area contributed by atoms with E-state index in [1.807, 2.05) is 0 Å². The van der Waals surface area contributed by atoms with E-state index in [9.17, 15) is 14.9 Å². The Bertz CT molecular complexity index is 566. The summed E-state index contributed by atoms with van der Waals surface area (Å²) >= 11 is 0. The van der Waals surface area contributed by atoms with Crippen molar-refractivity contribution in [2.24, 2.45) is 11.8 Å². The molecule has 0 aromatic carbocycles. The van der Waals surface area contributed by atoms with Crippen molar-refractivity contribution < 1.29 is 14.5 Å². The van der Waals surface area contributed by atoms with Crippen LogP contribution in [0, 0.1) is 22.0 Å². The molecule has 4 heterocycles. The SMILES string of the molecule is O=C(c1cc([N+](=O)[O-])c[nH]1)N1C[C@@H]2[C@H](C1)[C@H]1CC[C@H]2O1. The smallest absolute Gasteiger partial charge is 0.287 e. The maximum Gasteiger partial charge on any atom is 0.287 e. The molecule has 1 amide bonds. The normalized spacial score (nSPS) is 34.5. The fraction of sp³-hybridized carbons (Fsp3) is 0.615. The molecule has 0 radical (unpaired) electrons. The van der Waals surface area contributed by atoms with E-state index in [1.54, 1.807) is 4.90 Å². The molecule has 106 valence electrons. The van der Waals surface area contributed by atoms with Gasteiger partial charge in [0.25, 0.3) is 11.6 Å². The summed E-state index contributed by atoms with van der Waals surface area (Å²) in [7, 11) is 0. The van der Waals surface area contributed by atoms with Gasteiger partial charge in [-0.1, -0.05) is 0 Å². The molecule has 4 rings (SSSR count). The van der Waals surface area contributed by atoms with Crippen LogP contribution in [0.25, 0.3) is 0 Å². The highest BCUT2D eigenvalue weighted by Crippen LogP contribution is 2.47. The topological polar surface area (TPSA) is 88.5 Å². The molecule has 3 saturated heterocycles. The molecule has 0 unspecified atom stereocenters. The number of nitrogens with one attached hydrogen (secondary N) is 1. The minimum Gasteiger partial charge on any atom is -0.374 e. The van der Waals surface area contributed by atoms with Gasteiger partial charge in [0, 0.05) is 31.0 Å². The van der Waals surface area contributed by atoms with Crippen LogP contribution in [0.4, 0.5) is 5.69 Å². The minimum absolute atomic E-state index is 0.0730. The summed E-state index contributed by atoms with van der Waals surface area (Å²) in [6, 6.07) is 1.31. The van der Waals surface area contributed by atoms with Gasteiger partial charge in [0.2, 0.25) is 0 Å². The number of likely N-dealkylation sites (tertiary alicyclic amines) is 1. The third-order valence-corrected chi connectivity index (χ3v) is 4.85. The molecule has 20 heavy (non-hydrogen) atoms. The third-order valence-electron chi connectivity index (χ3n) is 4.85. The number of ether oxygens (including phenoxy) is 1. The van der Waals surface area contributed by atoms with E-state index in [1.165, 1.54) is 12.3 Å². The van der Waals surface area contributed by atoms with Gasteiger partial charge in [0.15, 0.2) is 0 Å². The van der Waals surface area contributed by atoms with E-state index < -0.39 is 4.92 Å². The molecule has 2 bridgehead atoms. The van der Waals surface area contributed by atoms with Gasteiger partial charge in [-0.2, -0.15) is 0 Å². The maximum atomic E-state index is 12.4. The second-order valence-corrected chi connectivity index (χ2v) is 5.86. The van der Waals surface area contributed by atoms with Gasteiger partial charge in [0.1, 0.15) is 5.69 Å². The Labute approximate surface area is 115 Å². The molecule has 7 nitrogen and oxygen atoms in total. The van der Waals surface area contributed by atoms with Gasteiger partial charge >= 0.3 is 0 Å². The van der Waals surface area contributed by atoms with E-state index in [2.05, 4.69) is 4.98 Å². The van der Waals surface area contributed by atoms with E-state index >= 15 is 0 Å². The first-order chi connectivity index (χ1) is 9.63. The summed E-state index contributed by atoms with van der Waals surface area (Å²) in [5.41, 5.74) is 0.223. The van der Waals surface area contributed by atoms with Gasteiger partial charge in [-0.05, 0) is 12.8 Å². The number of nitro groups is 1. The summed E-state index contributed by atoms with van der Waals surface area (Å²) in [5.74, 6) is 0.747. The summed E-state index contributed by atoms with van der Waals surface area (Å²) in [4.78, 5) is 27.0. The number of fused-ring (bicyclic) bond motifs is 5. The first kappa shape index (κ1) is 11.9. The maximum absolute atomic E-state index is 12.4. The van der Waals surface area contributed by atoms with Gasteiger partial charge in [-0.15, -0.1) is 0 Å². The number of hydrogen-bond acceptors (Lipinski definition) is 4. The van der Waals surface area contributed by atoms with Gasteiger partial charge in [0.05, 0.1) is 23.3 Å². The van der Waals surface area contributed by atoms with Crippen LogP contribution in [0.3, 0.4) is 0 Å². The van der Waals surface area contributed by atoms with Crippen LogP contribution in [-0.2, 0) is 4.74 Å². The van der Waals surface area contributed by atoms with Crippen molar-refractivity contribution in [2.75, 3.05) is 13.1 Å². The number of amides is 1. The first-order valence-electron chi connectivity index (χ1n) is 6.91. The van der Waals surface area contributed by atoms with Crippen LogP contribution in [0.1, 0.15) is 23.3 Å². The van der Waals surface area contributed by atoms with Crippen LogP contribution in [0.2, 0.25) is 0 Å². The van der Waals surface area contributed by atoms with Gasteiger partial charge < -0.3 is 14.6 Å².